The largest absolute Gasteiger partial charge is 1.00 e. The average Bonchev–Trinajstić information content (AvgIpc) is 3.81. The maximum Gasteiger partial charge on any atom is -0.109 e. The van der Waals surface area contributed by atoms with Crippen molar-refractivity contribution in [2.75, 3.05) is 0 Å². The van der Waals surface area contributed by atoms with Crippen LogP contribution in [0, 0.1) is 53.4 Å². The summed E-state index contributed by atoms with van der Waals surface area (Å²) in [5.74, 6) is 2.24. The zero-order chi connectivity index (χ0) is 36.1. The number of fused-ring (bicyclic) bond motifs is 6. The van der Waals surface area contributed by atoms with E-state index in [4.69, 9.17) is 0 Å². The number of benzene rings is 3. The molecule has 0 saturated heterocycles. The van der Waals surface area contributed by atoms with Gasteiger partial charge in [-0.15, -0.1) is 13.3 Å². The van der Waals surface area contributed by atoms with Gasteiger partial charge in [0.15, 0.2) is 0 Å². The van der Waals surface area contributed by atoms with Crippen molar-refractivity contribution in [1.82, 2.24) is 0 Å². The first-order valence-corrected chi connectivity index (χ1v) is 19.9. The van der Waals surface area contributed by atoms with Crippen LogP contribution in [0.1, 0.15) is 108 Å². The van der Waals surface area contributed by atoms with Gasteiger partial charge in [-0.1, -0.05) is 113 Å². The Morgan fingerprint density at radius 1 is 0.769 bits per heavy atom. The van der Waals surface area contributed by atoms with E-state index in [1.54, 1.807) is 28.2 Å². The van der Waals surface area contributed by atoms with Crippen molar-refractivity contribution in [3.63, 3.8) is 0 Å². The molecule has 5 aliphatic rings. The molecule has 3 aromatic rings. The number of hydrogen-bond acceptors (Lipinski definition) is 0. The smallest absolute Gasteiger partial charge is 0.109 e. The van der Waals surface area contributed by atoms with Crippen LogP contribution in [0.5, 0.6) is 0 Å². The van der Waals surface area contributed by atoms with Crippen molar-refractivity contribution < 1.29 is 49.0 Å². The Kier molecular flexibility index (Phi) is 13.1. The first kappa shape index (κ1) is 42.3. The standard InChI is InChI=1S/C29H37.C15H14.C5H5.2ClH.Zr/c1-18-25-22-17-19-13-9-10-14-20(19)24(22)21-15-11-12-16-23(21)29(25,8)28(6,7)27(4,5)26(18,2)3;1-12-3-7-14(8-4-12)11-15-9-5-13(2)6-10-15;1-2-4-5-3-1;;;/h9-11,13-15,23H,12,16-17H2,1-8H3;3-10H,1-2H3;1-3H,4H2;2*1H;/q-1;;-1;;;+2/p-2. The Balaban J connectivity index is 0.000000221. The average molecular weight is 807 g/mol. The van der Waals surface area contributed by atoms with Gasteiger partial charge in [-0.3, -0.25) is 6.08 Å². The second-order valence-corrected chi connectivity index (χ2v) is 18.1. The molecule has 0 aliphatic heterocycles. The monoisotopic (exact) mass is 804 g/mol. The van der Waals surface area contributed by atoms with Crippen LogP contribution in [0.25, 0.3) is 5.57 Å². The van der Waals surface area contributed by atoms with E-state index in [1.165, 1.54) is 73.7 Å². The van der Waals surface area contributed by atoms with Crippen LogP contribution < -0.4 is 24.8 Å². The number of aryl methyl sites for hydroxylation is 2. The molecule has 2 unspecified atom stereocenters. The normalized spacial score (nSPS) is 23.4. The molecule has 0 bridgehead atoms. The van der Waals surface area contributed by atoms with E-state index in [2.05, 4.69) is 166 Å². The van der Waals surface area contributed by atoms with E-state index >= 15 is 0 Å². The fourth-order valence-electron chi connectivity index (χ4n) is 9.52. The van der Waals surface area contributed by atoms with Gasteiger partial charge in [0, 0.05) is 0 Å². The van der Waals surface area contributed by atoms with E-state index in [-0.39, 0.29) is 46.5 Å². The van der Waals surface area contributed by atoms with Gasteiger partial charge in [-0.25, -0.2) is 18.1 Å². The molecule has 272 valence electrons. The predicted octanol–water partition coefficient (Wildman–Crippen LogP) is 6.70. The van der Waals surface area contributed by atoms with Gasteiger partial charge in [0.2, 0.25) is 0 Å². The Morgan fingerprint density at radius 3 is 1.87 bits per heavy atom. The minimum atomic E-state index is 0. The maximum absolute atomic E-state index is 2.99. The molecule has 0 amide bonds. The molecule has 0 aromatic heterocycles. The third-order valence-corrected chi connectivity index (χ3v) is 15.5. The van der Waals surface area contributed by atoms with Crippen LogP contribution in [0.3, 0.4) is 0 Å². The molecular formula is C49H56Cl2Zr-2. The molecule has 0 N–H and O–H groups in total. The molecule has 0 spiro atoms. The Hall–Kier alpha value is -2.44. The predicted molar refractivity (Wildman–Crippen MR) is 211 cm³/mol. The minimum absolute atomic E-state index is 0. The minimum Gasteiger partial charge on any atom is -1.00 e. The fraction of sp³-hybridized carbons (Fsp3) is 0.388. The quantitative estimate of drug-likeness (QED) is 0.253. The van der Waals surface area contributed by atoms with Crippen LogP contribution in [-0.4, -0.2) is 3.21 Å². The fourth-order valence-corrected chi connectivity index (χ4v) is 10.3. The van der Waals surface area contributed by atoms with Gasteiger partial charge >= 0.3 is 112 Å². The molecule has 0 radical (unpaired) electrons. The molecule has 52 heavy (non-hydrogen) atoms. The van der Waals surface area contributed by atoms with Crippen molar-refractivity contribution in [3.05, 3.63) is 165 Å². The summed E-state index contributed by atoms with van der Waals surface area (Å²) in [6, 6.07) is 26.7. The zero-order valence-corrected chi connectivity index (χ0v) is 36.9. The molecule has 1 saturated carbocycles. The van der Waals surface area contributed by atoms with Crippen LogP contribution in [0.2, 0.25) is 0 Å². The van der Waals surface area contributed by atoms with Crippen molar-refractivity contribution in [1.29, 1.82) is 0 Å². The third-order valence-electron chi connectivity index (χ3n) is 14.1. The van der Waals surface area contributed by atoms with E-state index in [0.29, 0.717) is 5.92 Å². The molecule has 5 aliphatic carbocycles. The van der Waals surface area contributed by atoms with Gasteiger partial charge in [0.25, 0.3) is 0 Å². The summed E-state index contributed by atoms with van der Waals surface area (Å²) in [7, 11) is 0. The van der Waals surface area contributed by atoms with Crippen LogP contribution in [0.15, 0.2) is 120 Å². The number of halogens is 2. The first-order chi connectivity index (χ1) is 23.6. The summed E-state index contributed by atoms with van der Waals surface area (Å²) in [6.45, 7) is 24.5. The summed E-state index contributed by atoms with van der Waals surface area (Å²) in [4.78, 5) is 0. The molecule has 0 nitrogen and oxygen atoms in total. The maximum atomic E-state index is 2.99. The summed E-state index contributed by atoms with van der Waals surface area (Å²) in [6.07, 6.45) is 18.5. The van der Waals surface area contributed by atoms with Gasteiger partial charge in [-0.05, 0) is 40.6 Å². The van der Waals surface area contributed by atoms with Gasteiger partial charge < -0.3 is 24.8 Å². The van der Waals surface area contributed by atoms with Gasteiger partial charge in [0.05, 0.1) is 0 Å². The Labute approximate surface area is 343 Å². The number of rotatable bonds is 2. The Bertz CT molecular complexity index is 1870. The van der Waals surface area contributed by atoms with Crippen molar-refractivity contribution >= 4 is 8.78 Å². The summed E-state index contributed by atoms with van der Waals surface area (Å²) in [5.41, 5.74) is 15.6. The van der Waals surface area contributed by atoms with Gasteiger partial charge in [-0.2, -0.15) is 17.2 Å². The zero-order valence-electron chi connectivity index (χ0n) is 33.0. The topological polar surface area (TPSA) is 0 Å². The molecule has 3 heteroatoms. The van der Waals surface area contributed by atoms with E-state index in [1.807, 2.05) is 12.2 Å². The molecule has 8 rings (SSSR count). The molecule has 3 aromatic carbocycles. The first-order valence-electron chi connectivity index (χ1n) is 18.7. The SMILES string of the molecule is C[C-]1C2=C3Cc4ccccc4C3=C3C=CCCC3C2(C)C(C)(C)C(C)(C)C1(C)C.Cc1ccc([C](=[Zr+2])c2ccc(C)cc2)cc1.[C-]1=CC=CC1.[Cl-].[Cl-]. The molecule has 2 atom stereocenters. The Morgan fingerprint density at radius 2 is 1.35 bits per heavy atom. The molecule has 0 heterocycles. The second kappa shape index (κ2) is 16.1. The third kappa shape index (κ3) is 6.98. The van der Waals surface area contributed by atoms with Crippen LogP contribution >= 0.6 is 0 Å². The summed E-state index contributed by atoms with van der Waals surface area (Å²) in [5, 5.41) is 0. The van der Waals surface area contributed by atoms with E-state index < -0.39 is 0 Å². The van der Waals surface area contributed by atoms with Crippen LogP contribution in [-0.2, 0) is 30.7 Å². The number of hydrogen-bond donors (Lipinski definition) is 0. The van der Waals surface area contributed by atoms with Gasteiger partial charge in [0.1, 0.15) is 0 Å². The van der Waals surface area contributed by atoms with E-state index in [9.17, 15) is 0 Å². The van der Waals surface area contributed by atoms with Crippen molar-refractivity contribution in [2.24, 2.45) is 27.6 Å². The second-order valence-electron chi connectivity index (χ2n) is 16.9. The summed E-state index contributed by atoms with van der Waals surface area (Å²) >= 11 is 1.46. The molecule has 1 fully saturated rings. The van der Waals surface area contributed by atoms with Crippen LogP contribution in [0.4, 0.5) is 0 Å². The summed E-state index contributed by atoms with van der Waals surface area (Å²) < 4.78 is 1.42. The number of allylic oxidation sites excluding steroid dienone is 10. The van der Waals surface area contributed by atoms with Crippen molar-refractivity contribution in [2.45, 2.75) is 94.9 Å². The van der Waals surface area contributed by atoms with E-state index in [0.717, 1.165) is 12.8 Å². The van der Waals surface area contributed by atoms with Crippen molar-refractivity contribution in [3.8, 4) is 0 Å². The molecular weight excluding hydrogens is 751 g/mol.